The fraction of sp³-hybridized carbons (Fsp3) is 0.625. The Hall–Kier alpha value is -1.06. The quantitative estimate of drug-likeness (QED) is 0.858. The van der Waals surface area contributed by atoms with Crippen LogP contribution >= 0.6 is 0 Å². The van der Waals surface area contributed by atoms with Gasteiger partial charge >= 0.3 is 0 Å². The van der Waals surface area contributed by atoms with E-state index in [0.717, 1.165) is 11.3 Å². The average Bonchev–Trinajstić information content (AvgIpc) is 2.48. The van der Waals surface area contributed by atoms with Crippen molar-refractivity contribution in [3.05, 3.63) is 29.8 Å². The molecule has 0 heterocycles. The highest BCUT2D eigenvalue weighted by atomic mass is 16.5. The minimum Gasteiger partial charge on any atom is -0.497 e. The van der Waals surface area contributed by atoms with Crippen molar-refractivity contribution in [2.24, 2.45) is 0 Å². The van der Waals surface area contributed by atoms with Crippen molar-refractivity contribution in [1.29, 1.82) is 0 Å². The summed E-state index contributed by atoms with van der Waals surface area (Å²) in [5.41, 5.74) is 0.691. The van der Waals surface area contributed by atoms with Crippen LogP contribution in [0.4, 0.5) is 0 Å². The van der Waals surface area contributed by atoms with E-state index >= 15 is 0 Å². The molecule has 1 aliphatic rings. The highest BCUT2D eigenvalue weighted by molar-refractivity contribution is 5.33. The first-order chi connectivity index (χ1) is 9.18. The van der Waals surface area contributed by atoms with E-state index in [4.69, 9.17) is 4.74 Å². The van der Waals surface area contributed by atoms with Crippen LogP contribution in [0, 0.1) is 0 Å². The normalized spacial score (nSPS) is 19.9. The highest BCUT2D eigenvalue weighted by Crippen LogP contribution is 2.27. The Morgan fingerprint density at radius 1 is 1.32 bits per heavy atom. The molecular weight excluding hydrogens is 238 g/mol. The van der Waals surface area contributed by atoms with Crippen molar-refractivity contribution in [2.45, 2.75) is 50.6 Å². The van der Waals surface area contributed by atoms with Crippen molar-refractivity contribution in [1.82, 2.24) is 5.32 Å². The molecule has 0 aromatic heterocycles. The van der Waals surface area contributed by atoms with E-state index in [-0.39, 0.29) is 6.61 Å². The molecule has 1 saturated carbocycles. The van der Waals surface area contributed by atoms with E-state index in [9.17, 15) is 5.11 Å². The molecule has 2 rings (SSSR count). The van der Waals surface area contributed by atoms with E-state index in [1.165, 1.54) is 32.1 Å². The molecule has 19 heavy (non-hydrogen) atoms. The Kier molecular flexibility index (Phi) is 4.83. The number of rotatable bonds is 5. The van der Waals surface area contributed by atoms with Gasteiger partial charge in [0.25, 0.3) is 0 Å². The van der Waals surface area contributed by atoms with Gasteiger partial charge in [-0.15, -0.1) is 0 Å². The van der Waals surface area contributed by atoms with Gasteiger partial charge in [-0.3, -0.25) is 0 Å². The molecule has 2 N–H and O–H groups in total. The van der Waals surface area contributed by atoms with Crippen LogP contribution in [0.1, 0.15) is 44.6 Å². The molecule has 0 spiro atoms. The molecular formula is C16H25NO2. The molecule has 0 aliphatic heterocycles. The first-order valence-electron chi connectivity index (χ1n) is 7.21. The summed E-state index contributed by atoms with van der Waals surface area (Å²) in [7, 11) is 1.67. The summed E-state index contributed by atoms with van der Waals surface area (Å²) in [6.45, 7) is 2.16. The predicted molar refractivity (Wildman–Crippen MR) is 77.4 cm³/mol. The van der Waals surface area contributed by atoms with Crippen LogP contribution in [0.5, 0.6) is 5.75 Å². The Morgan fingerprint density at radius 2 is 2.05 bits per heavy atom. The summed E-state index contributed by atoms with van der Waals surface area (Å²) < 4.78 is 5.28. The molecule has 1 fully saturated rings. The number of aliphatic hydroxyl groups excluding tert-OH is 1. The summed E-state index contributed by atoms with van der Waals surface area (Å²) in [5, 5.41) is 13.5. The molecule has 0 radical (unpaired) electrons. The van der Waals surface area contributed by atoms with E-state index in [2.05, 4.69) is 18.3 Å². The summed E-state index contributed by atoms with van der Waals surface area (Å²) in [6.07, 6.45) is 6.33. The molecule has 1 aromatic rings. The third kappa shape index (κ3) is 3.48. The maximum Gasteiger partial charge on any atom is 0.119 e. The minimum atomic E-state index is -0.392. The van der Waals surface area contributed by atoms with Crippen LogP contribution in [0.3, 0.4) is 0 Å². The van der Waals surface area contributed by atoms with E-state index < -0.39 is 5.54 Å². The third-order valence-corrected chi connectivity index (χ3v) is 4.15. The zero-order chi connectivity index (χ0) is 13.7. The summed E-state index contributed by atoms with van der Waals surface area (Å²) in [6, 6.07) is 8.48. The molecule has 0 saturated heterocycles. The second kappa shape index (κ2) is 6.40. The Balaban J connectivity index is 2.15. The molecule has 1 aliphatic carbocycles. The molecule has 3 nitrogen and oxygen atoms in total. The van der Waals surface area contributed by atoms with Gasteiger partial charge in [-0.1, -0.05) is 31.4 Å². The van der Waals surface area contributed by atoms with E-state index in [1.807, 2.05) is 18.2 Å². The molecule has 106 valence electrons. The van der Waals surface area contributed by atoms with Gasteiger partial charge in [0.05, 0.1) is 19.3 Å². The van der Waals surface area contributed by atoms with E-state index in [1.54, 1.807) is 7.11 Å². The first kappa shape index (κ1) is 14.4. The van der Waals surface area contributed by atoms with Crippen LogP contribution < -0.4 is 10.1 Å². The zero-order valence-corrected chi connectivity index (χ0v) is 12.0. The summed E-state index contributed by atoms with van der Waals surface area (Å²) >= 11 is 0. The second-order valence-corrected chi connectivity index (χ2v) is 5.70. The molecule has 1 unspecified atom stereocenters. The second-order valence-electron chi connectivity index (χ2n) is 5.70. The lowest BCUT2D eigenvalue weighted by molar-refractivity contribution is 0.150. The SMILES string of the molecule is COc1cccc(C(C)(CO)NC2CCCCC2)c1. The molecule has 0 amide bonds. The van der Waals surface area contributed by atoms with Crippen molar-refractivity contribution in [2.75, 3.05) is 13.7 Å². The predicted octanol–water partition coefficient (Wildman–Crippen LogP) is 2.83. The van der Waals surface area contributed by atoms with Gasteiger partial charge in [0.15, 0.2) is 0 Å². The first-order valence-corrected chi connectivity index (χ1v) is 7.21. The summed E-state index contributed by atoms with van der Waals surface area (Å²) in [4.78, 5) is 0. The smallest absolute Gasteiger partial charge is 0.119 e. The van der Waals surface area contributed by atoms with Gasteiger partial charge in [0, 0.05) is 6.04 Å². The van der Waals surface area contributed by atoms with Crippen molar-refractivity contribution in [3.8, 4) is 5.75 Å². The lowest BCUT2D eigenvalue weighted by atomic mass is 9.88. The maximum absolute atomic E-state index is 9.83. The zero-order valence-electron chi connectivity index (χ0n) is 12.0. The number of aliphatic hydroxyl groups is 1. The van der Waals surface area contributed by atoms with Crippen LogP contribution in [0.25, 0.3) is 0 Å². The van der Waals surface area contributed by atoms with Gasteiger partial charge in [0.1, 0.15) is 5.75 Å². The fourth-order valence-electron chi connectivity index (χ4n) is 2.88. The maximum atomic E-state index is 9.83. The Morgan fingerprint density at radius 3 is 2.68 bits per heavy atom. The number of methoxy groups -OCH3 is 1. The minimum absolute atomic E-state index is 0.0939. The van der Waals surface area contributed by atoms with Crippen LogP contribution in [0.2, 0.25) is 0 Å². The van der Waals surface area contributed by atoms with Crippen LogP contribution in [-0.2, 0) is 5.54 Å². The lowest BCUT2D eigenvalue weighted by Gasteiger charge is -2.36. The van der Waals surface area contributed by atoms with E-state index in [0.29, 0.717) is 6.04 Å². The van der Waals surface area contributed by atoms with Gasteiger partial charge in [-0.25, -0.2) is 0 Å². The average molecular weight is 263 g/mol. The van der Waals surface area contributed by atoms with Gasteiger partial charge in [-0.05, 0) is 37.5 Å². The highest BCUT2D eigenvalue weighted by Gasteiger charge is 2.29. The number of nitrogens with one attached hydrogen (secondary N) is 1. The Bertz CT molecular complexity index is 401. The molecule has 1 aromatic carbocycles. The van der Waals surface area contributed by atoms with Crippen LogP contribution in [0.15, 0.2) is 24.3 Å². The number of hydrogen-bond acceptors (Lipinski definition) is 3. The number of ether oxygens (including phenoxy) is 1. The largest absolute Gasteiger partial charge is 0.497 e. The molecule has 1 atom stereocenters. The van der Waals surface area contributed by atoms with Crippen molar-refractivity contribution in [3.63, 3.8) is 0 Å². The summed E-state index contributed by atoms with van der Waals surface area (Å²) in [5.74, 6) is 0.836. The molecule has 3 heteroatoms. The van der Waals surface area contributed by atoms with Gasteiger partial charge in [0.2, 0.25) is 0 Å². The van der Waals surface area contributed by atoms with Crippen molar-refractivity contribution < 1.29 is 9.84 Å². The Labute approximate surface area is 116 Å². The van der Waals surface area contributed by atoms with Crippen LogP contribution in [-0.4, -0.2) is 24.9 Å². The monoisotopic (exact) mass is 263 g/mol. The number of hydrogen-bond donors (Lipinski definition) is 2. The van der Waals surface area contributed by atoms with Crippen molar-refractivity contribution >= 4 is 0 Å². The third-order valence-electron chi connectivity index (χ3n) is 4.15. The molecule has 0 bridgehead atoms. The fourth-order valence-corrected chi connectivity index (χ4v) is 2.88. The topological polar surface area (TPSA) is 41.5 Å². The van der Waals surface area contributed by atoms with Gasteiger partial charge in [-0.2, -0.15) is 0 Å². The number of benzene rings is 1. The van der Waals surface area contributed by atoms with Gasteiger partial charge < -0.3 is 15.2 Å². The standard InChI is InChI=1S/C16H25NO2/c1-16(12-18,17-14-8-4-3-5-9-14)13-7-6-10-15(11-13)19-2/h6-7,10-11,14,17-18H,3-5,8-9,12H2,1-2H3. The lowest BCUT2D eigenvalue weighted by Crippen LogP contribution is -2.49.